The van der Waals surface area contributed by atoms with E-state index in [0.29, 0.717) is 6.42 Å². The standard InChI is InChI=1S/C5H12O2.2Na.H2O4S/c1-4(6)3-5(2)7;;;1-5(2,3)4/h4-7H,3H2,1-2H3;;;(H2,1,2,3,4)/q;2*+1;/p-2. The van der Waals surface area contributed by atoms with E-state index in [-0.39, 0.29) is 71.3 Å². The SMILES string of the molecule is CC(O)CC(C)O.O=S(=O)([O-])[O-].[Na+].[Na+]. The summed E-state index contributed by atoms with van der Waals surface area (Å²) >= 11 is 0. The first-order chi connectivity index (χ1) is 5.13. The summed E-state index contributed by atoms with van der Waals surface area (Å²) in [7, 11) is -5.17. The molecule has 0 aliphatic rings. The van der Waals surface area contributed by atoms with Crippen LogP contribution in [0.3, 0.4) is 0 Å². The summed E-state index contributed by atoms with van der Waals surface area (Å²) in [6.45, 7) is 3.32. The third-order valence-corrected chi connectivity index (χ3v) is 0.682. The Balaban J connectivity index is -0.0000000651. The van der Waals surface area contributed by atoms with Crippen molar-refractivity contribution >= 4 is 10.4 Å². The van der Waals surface area contributed by atoms with E-state index < -0.39 is 10.4 Å². The second-order valence-corrected chi connectivity index (χ2v) is 3.16. The van der Waals surface area contributed by atoms with Crippen molar-refractivity contribution in [3.63, 3.8) is 0 Å². The van der Waals surface area contributed by atoms with Crippen molar-refractivity contribution in [3.05, 3.63) is 0 Å². The molecular weight excluding hydrogens is 234 g/mol. The van der Waals surface area contributed by atoms with Crippen LogP contribution < -0.4 is 59.1 Å². The van der Waals surface area contributed by atoms with Gasteiger partial charge in [0.05, 0.1) is 12.2 Å². The predicted molar refractivity (Wildman–Crippen MR) is 38.5 cm³/mol. The molecule has 0 spiro atoms. The van der Waals surface area contributed by atoms with Gasteiger partial charge >= 0.3 is 59.1 Å². The summed E-state index contributed by atoms with van der Waals surface area (Å²) in [5.74, 6) is 0. The summed E-state index contributed by atoms with van der Waals surface area (Å²) in [5, 5.41) is 17.1. The molecule has 0 bridgehead atoms. The summed E-state index contributed by atoms with van der Waals surface area (Å²) in [4.78, 5) is 0. The molecule has 0 aliphatic carbocycles. The third kappa shape index (κ3) is 67.3. The summed E-state index contributed by atoms with van der Waals surface area (Å²) in [5.41, 5.74) is 0. The number of rotatable bonds is 2. The Morgan fingerprint density at radius 3 is 1.21 bits per heavy atom. The third-order valence-electron chi connectivity index (χ3n) is 0.682. The molecule has 6 nitrogen and oxygen atoms in total. The predicted octanol–water partition coefficient (Wildman–Crippen LogP) is -7.19. The van der Waals surface area contributed by atoms with Gasteiger partial charge in [-0.25, -0.2) is 0 Å². The van der Waals surface area contributed by atoms with E-state index >= 15 is 0 Å². The van der Waals surface area contributed by atoms with Gasteiger partial charge < -0.3 is 19.3 Å². The molecular formula is C5H12Na2O6S. The topological polar surface area (TPSA) is 121 Å². The van der Waals surface area contributed by atoms with Crippen molar-refractivity contribution in [2.45, 2.75) is 32.5 Å². The average molecular weight is 246 g/mol. The minimum atomic E-state index is -5.17. The Kier molecular flexibility index (Phi) is 22.8. The molecule has 0 rings (SSSR count). The smallest absolute Gasteiger partial charge is 0.759 e. The fourth-order valence-corrected chi connectivity index (χ4v) is 0.494. The summed E-state index contributed by atoms with van der Waals surface area (Å²) in [6, 6.07) is 0. The van der Waals surface area contributed by atoms with Crippen LogP contribution in [0.15, 0.2) is 0 Å². The van der Waals surface area contributed by atoms with Crippen molar-refractivity contribution in [2.24, 2.45) is 0 Å². The Hall–Kier alpha value is 1.79. The maximum absolute atomic E-state index is 8.56. The van der Waals surface area contributed by atoms with Gasteiger partial charge in [-0.3, -0.25) is 8.42 Å². The second-order valence-electron chi connectivity index (χ2n) is 2.34. The van der Waals surface area contributed by atoms with Crippen LogP contribution in [0.2, 0.25) is 0 Å². The van der Waals surface area contributed by atoms with E-state index in [9.17, 15) is 0 Å². The van der Waals surface area contributed by atoms with Crippen molar-refractivity contribution in [2.75, 3.05) is 0 Å². The van der Waals surface area contributed by atoms with Gasteiger partial charge in [-0.1, -0.05) is 0 Å². The van der Waals surface area contributed by atoms with Gasteiger partial charge in [0.25, 0.3) is 0 Å². The first kappa shape index (κ1) is 24.8. The summed E-state index contributed by atoms with van der Waals surface area (Å²) in [6.07, 6.45) is -0.278. The second kappa shape index (κ2) is 12.9. The Morgan fingerprint density at radius 2 is 1.21 bits per heavy atom. The molecule has 9 heteroatoms. The molecule has 0 aliphatic heterocycles. The number of aliphatic hydroxyl groups is 2. The molecule has 14 heavy (non-hydrogen) atoms. The van der Waals surface area contributed by atoms with Crippen molar-refractivity contribution < 1.29 is 86.9 Å². The molecule has 2 atom stereocenters. The maximum atomic E-state index is 8.56. The molecule has 0 aromatic carbocycles. The molecule has 0 radical (unpaired) electrons. The van der Waals surface area contributed by atoms with Crippen LogP contribution in [0, 0.1) is 0 Å². The molecule has 2 unspecified atom stereocenters. The van der Waals surface area contributed by atoms with Crippen LogP contribution in [0.1, 0.15) is 20.3 Å². The minimum absolute atomic E-state index is 0. The van der Waals surface area contributed by atoms with Crippen LogP contribution in [0.4, 0.5) is 0 Å². The molecule has 0 saturated heterocycles. The normalized spacial score (nSPS) is 13.6. The van der Waals surface area contributed by atoms with Crippen LogP contribution in [-0.4, -0.2) is 39.9 Å². The van der Waals surface area contributed by atoms with Crippen LogP contribution in [0.25, 0.3) is 0 Å². The largest absolute Gasteiger partial charge is 1.00 e. The molecule has 0 heterocycles. The van der Waals surface area contributed by atoms with Crippen molar-refractivity contribution in [1.82, 2.24) is 0 Å². The number of aliphatic hydroxyl groups excluding tert-OH is 2. The van der Waals surface area contributed by atoms with Gasteiger partial charge in [0, 0.05) is 10.4 Å². The van der Waals surface area contributed by atoms with Gasteiger partial charge in [-0.05, 0) is 20.3 Å². The molecule has 0 fully saturated rings. The van der Waals surface area contributed by atoms with E-state index in [1.165, 1.54) is 0 Å². The van der Waals surface area contributed by atoms with Crippen LogP contribution in [-0.2, 0) is 10.4 Å². The quantitative estimate of drug-likeness (QED) is 0.284. The molecule has 76 valence electrons. The van der Waals surface area contributed by atoms with Crippen molar-refractivity contribution in [1.29, 1.82) is 0 Å². The van der Waals surface area contributed by atoms with E-state index in [0.717, 1.165) is 0 Å². The van der Waals surface area contributed by atoms with Crippen LogP contribution in [0.5, 0.6) is 0 Å². The Bertz CT molecular complexity index is 176. The maximum Gasteiger partial charge on any atom is 1.00 e. The van der Waals surface area contributed by atoms with E-state index in [1.54, 1.807) is 13.8 Å². The van der Waals surface area contributed by atoms with Gasteiger partial charge in [-0.2, -0.15) is 0 Å². The molecule has 2 N–H and O–H groups in total. The van der Waals surface area contributed by atoms with Crippen molar-refractivity contribution in [3.8, 4) is 0 Å². The molecule has 0 saturated carbocycles. The zero-order chi connectivity index (χ0) is 10.4. The number of hydrogen-bond donors (Lipinski definition) is 2. The monoisotopic (exact) mass is 246 g/mol. The first-order valence-corrected chi connectivity index (χ1v) is 4.49. The van der Waals surface area contributed by atoms with Gasteiger partial charge in [-0.15, -0.1) is 0 Å². The van der Waals surface area contributed by atoms with E-state index in [4.69, 9.17) is 27.7 Å². The first-order valence-electron chi connectivity index (χ1n) is 3.15. The van der Waals surface area contributed by atoms with Gasteiger partial charge in [0.1, 0.15) is 0 Å². The average Bonchev–Trinajstić information content (AvgIpc) is 1.52. The Morgan fingerprint density at radius 1 is 1.07 bits per heavy atom. The summed E-state index contributed by atoms with van der Waals surface area (Å²) < 4.78 is 34.1. The molecule has 0 amide bonds. The zero-order valence-corrected chi connectivity index (χ0v) is 13.6. The van der Waals surface area contributed by atoms with Gasteiger partial charge in [0.2, 0.25) is 0 Å². The Labute approximate surface area is 128 Å². The molecule has 0 aromatic heterocycles. The zero-order valence-electron chi connectivity index (χ0n) is 8.80. The van der Waals surface area contributed by atoms with E-state index in [2.05, 4.69) is 0 Å². The molecule has 0 aromatic rings. The number of hydrogen-bond acceptors (Lipinski definition) is 6. The van der Waals surface area contributed by atoms with Crippen LogP contribution >= 0.6 is 0 Å². The van der Waals surface area contributed by atoms with E-state index in [1.807, 2.05) is 0 Å². The minimum Gasteiger partial charge on any atom is -0.759 e. The van der Waals surface area contributed by atoms with Gasteiger partial charge in [0.15, 0.2) is 0 Å². The fourth-order valence-electron chi connectivity index (χ4n) is 0.494. The fraction of sp³-hybridized carbons (Fsp3) is 1.00.